The molecule has 1 aliphatic rings. The van der Waals surface area contributed by atoms with Crippen LogP contribution in [0.3, 0.4) is 0 Å². The van der Waals surface area contributed by atoms with Gasteiger partial charge in [0.2, 0.25) is 5.91 Å². The molecule has 0 unspecified atom stereocenters. The van der Waals surface area contributed by atoms with Crippen molar-refractivity contribution in [2.45, 2.75) is 96.6 Å². The van der Waals surface area contributed by atoms with Gasteiger partial charge in [0.05, 0.1) is 20.3 Å². The van der Waals surface area contributed by atoms with E-state index >= 15 is 0 Å². The molecule has 6 nitrogen and oxygen atoms in total. The summed E-state index contributed by atoms with van der Waals surface area (Å²) in [5, 5.41) is 13.1. The highest BCUT2D eigenvalue weighted by Crippen LogP contribution is 2.34. The van der Waals surface area contributed by atoms with E-state index in [1.807, 2.05) is 18.2 Å². The number of hydrogen-bond donors (Lipinski definition) is 2. The number of aliphatic hydroxyl groups is 1. The maximum atomic E-state index is 12.4. The molecule has 0 spiro atoms. The molecular formula is C29H45NO5. The van der Waals surface area contributed by atoms with Crippen LogP contribution >= 0.6 is 0 Å². The van der Waals surface area contributed by atoms with Gasteiger partial charge in [-0.15, -0.1) is 0 Å². The zero-order valence-electron chi connectivity index (χ0n) is 21.9. The molecule has 2 rings (SSSR count). The number of hydrogen-bond acceptors (Lipinski definition) is 5. The summed E-state index contributed by atoms with van der Waals surface area (Å²) in [5.41, 5.74) is 0.938. The lowest BCUT2D eigenvalue weighted by molar-refractivity contribution is -0.122. The lowest BCUT2D eigenvalue weighted by Gasteiger charge is -2.15. The Kier molecular flexibility index (Phi) is 13.5. The van der Waals surface area contributed by atoms with E-state index in [0.29, 0.717) is 36.7 Å². The number of ether oxygens (including phenoxy) is 2. The molecule has 0 aliphatic heterocycles. The van der Waals surface area contributed by atoms with Crippen LogP contribution < -0.4 is 14.8 Å². The first kappa shape index (κ1) is 28.9. The van der Waals surface area contributed by atoms with Crippen molar-refractivity contribution in [3.8, 4) is 11.5 Å². The number of unbranched alkanes of at least 4 members (excludes halogenated alkanes) is 5. The molecule has 0 radical (unpaired) electrons. The van der Waals surface area contributed by atoms with Crippen LogP contribution in [-0.4, -0.2) is 37.1 Å². The fraction of sp³-hybridized carbons (Fsp3) is 0.655. The van der Waals surface area contributed by atoms with Crippen molar-refractivity contribution >= 4 is 11.7 Å². The molecule has 196 valence electrons. The molecule has 1 amide bonds. The van der Waals surface area contributed by atoms with Gasteiger partial charge in [-0.2, -0.15) is 0 Å². The van der Waals surface area contributed by atoms with Crippen LogP contribution in [0, 0.1) is 11.8 Å². The average molecular weight is 488 g/mol. The Morgan fingerprint density at radius 1 is 1.09 bits per heavy atom. The quantitative estimate of drug-likeness (QED) is 0.216. The van der Waals surface area contributed by atoms with Gasteiger partial charge >= 0.3 is 0 Å². The second kappa shape index (κ2) is 16.4. The molecule has 1 fully saturated rings. The van der Waals surface area contributed by atoms with Gasteiger partial charge in [-0.1, -0.05) is 57.6 Å². The second-order valence-corrected chi connectivity index (χ2v) is 9.67. The molecule has 0 saturated heterocycles. The Balaban J connectivity index is 1.62. The first-order valence-corrected chi connectivity index (χ1v) is 13.3. The first-order chi connectivity index (χ1) is 17.0. The van der Waals surface area contributed by atoms with Gasteiger partial charge in [0.25, 0.3) is 0 Å². The minimum atomic E-state index is -0.394. The lowest BCUT2D eigenvalue weighted by atomic mass is 9.89. The molecule has 0 bridgehead atoms. The largest absolute Gasteiger partial charge is 0.497 e. The van der Waals surface area contributed by atoms with Crippen molar-refractivity contribution in [2.24, 2.45) is 11.8 Å². The highest BCUT2D eigenvalue weighted by molar-refractivity contribution is 5.83. The van der Waals surface area contributed by atoms with Gasteiger partial charge in [0.1, 0.15) is 17.3 Å². The van der Waals surface area contributed by atoms with E-state index in [2.05, 4.69) is 18.3 Å². The van der Waals surface area contributed by atoms with Crippen LogP contribution in [0.1, 0.15) is 89.5 Å². The summed E-state index contributed by atoms with van der Waals surface area (Å²) in [6.45, 7) is 2.60. The Bertz CT molecular complexity index is 784. The number of aliphatic hydroxyl groups excluding tert-OH is 1. The SMILES string of the molecule is CCCCC[C@H](O)C=C[C@@H]1CCC(=O)[C@@H]1CCCCCCC(=O)NCc1cc(OC)cc(OC)c1. The monoisotopic (exact) mass is 487 g/mol. The average Bonchev–Trinajstić information content (AvgIpc) is 3.22. The van der Waals surface area contributed by atoms with Gasteiger partial charge in [-0.3, -0.25) is 9.59 Å². The van der Waals surface area contributed by atoms with E-state index in [4.69, 9.17) is 9.47 Å². The number of amides is 1. The summed E-state index contributed by atoms with van der Waals surface area (Å²) in [5.74, 6) is 2.18. The van der Waals surface area contributed by atoms with Crippen molar-refractivity contribution in [1.82, 2.24) is 5.32 Å². The standard InChI is InChI=1S/C29H45NO5/c1-4-5-8-11-24(31)16-14-23-15-17-28(32)27(23)12-9-6-7-10-13-29(33)30-21-22-18-25(34-2)20-26(19-22)35-3/h14,16,18-20,23-24,27,31H,4-13,15,17,21H2,1-3H3,(H,30,33)/t23-,24+,27-/m1/s1. The van der Waals surface area contributed by atoms with Crippen LogP contribution in [0.4, 0.5) is 0 Å². The summed E-state index contributed by atoms with van der Waals surface area (Å²) in [4.78, 5) is 24.6. The summed E-state index contributed by atoms with van der Waals surface area (Å²) in [7, 11) is 3.22. The second-order valence-electron chi connectivity index (χ2n) is 9.67. The topological polar surface area (TPSA) is 84.9 Å². The van der Waals surface area contributed by atoms with E-state index in [1.54, 1.807) is 20.3 Å². The number of allylic oxidation sites excluding steroid dienone is 1. The fourth-order valence-corrected chi connectivity index (χ4v) is 4.77. The zero-order chi connectivity index (χ0) is 25.5. The molecule has 6 heteroatoms. The van der Waals surface area contributed by atoms with Gasteiger partial charge in [0.15, 0.2) is 0 Å². The van der Waals surface area contributed by atoms with E-state index in [1.165, 1.54) is 0 Å². The van der Waals surface area contributed by atoms with E-state index < -0.39 is 6.10 Å². The van der Waals surface area contributed by atoms with Crippen LogP contribution in [0.25, 0.3) is 0 Å². The lowest BCUT2D eigenvalue weighted by Crippen LogP contribution is -2.22. The van der Waals surface area contributed by atoms with Gasteiger partial charge in [0, 0.05) is 31.4 Å². The van der Waals surface area contributed by atoms with Crippen molar-refractivity contribution < 1.29 is 24.2 Å². The van der Waals surface area contributed by atoms with Gasteiger partial charge in [-0.25, -0.2) is 0 Å². The Morgan fingerprint density at radius 3 is 2.49 bits per heavy atom. The molecule has 0 aromatic heterocycles. The molecule has 2 N–H and O–H groups in total. The Hall–Kier alpha value is -2.34. The fourth-order valence-electron chi connectivity index (χ4n) is 4.77. The Labute approximate surface area is 211 Å². The van der Waals surface area contributed by atoms with Gasteiger partial charge in [-0.05, 0) is 49.3 Å². The van der Waals surface area contributed by atoms with Crippen molar-refractivity contribution in [3.05, 3.63) is 35.9 Å². The molecule has 1 saturated carbocycles. The highest BCUT2D eigenvalue weighted by Gasteiger charge is 2.32. The molecule has 3 atom stereocenters. The zero-order valence-corrected chi connectivity index (χ0v) is 21.9. The minimum absolute atomic E-state index is 0.0421. The third-order valence-electron chi connectivity index (χ3n) is 6.91. The number of rotatable bonds is 17. The number of Topliss-reactive ketones (excluding diaryl/α,β-unsaturated/α-hetero) is 1. The van der Waals surface area contributed by atoms with Crippen molar-refractivity contribution in [3.63, 3.8) is 0 Å². The minimum Gasteiger partial charge on any atom is -0.497 e. The molecule has 0 heterocycles. The third kappa shape index (κ3) is 10.9. The number of ketones is 1. The number of methoxy groups -OCH3 is 2. The van der Waals surface area contributed by atoms with Crippen molar-refractivity contribution in [1.29, 1.82) is 0 Å². The predicted octanol–water partition coefficient (Wildman–Crippen LogP) is 5.75. The normalized spacial score (nSPS) is 18.7. The molecule has 35 heavy (non-hydrogen) atoms. The van der Waals surface area contributed by atoms with Crippen LogP contribution in [0.2, 0.25) is 0 Å². The van der Waals surface area contributed by atoms with Crippen LogP contribution in [0.15, 0.2) is 30.4 Å². The molecular weight excluding hydrogens is 442 g/mol. The summed E-state index contributed by atoms with van der Waals surface area (Å²) < 4.78 is 10.5. The Morgan fingerprint density at radius 2 is 1.80 bits per heavy atom. The number of carbonyl (C=O) groups excluding carboxylic acids is 2. The van der Waals surface area contributed by atoms with E-state index in [9.17, 15) is 14.7 Å². The predicted molar refractivity (Wildman–Crippen MR) is 140 cm³/mol. The summed E-state index contributed by atoms with van der Waals surface area (Å²) in [6.07, 6.45) is 14.6. The summed E-state index contributed by atoms with van der Waals surface area (Å²) in [6, 6.07) is 5.59. The van der Waals surface area contributed by atoms with Gasteiger partial charge < -0.3 is 19.9 Å². The smallest absolute Gasteiger partial charge is 0.220 e. The molecule has 1 aromatic carbocycles. The summed E-state index contributed by atoms with van der Waals surface area (Å²) >= 11 is 0. The maximum Gasteiger partial charge on any atom is 0.220 e. The molecule has 1 aromatic rings. The molecule has 1 aliphatic carbocycles. The van der Waals surface area contributed by atoms with Crippen LogP contribution in [0.5, 0.6) is 11.5 Å². The number of carbonyl (C=O) groups is 2. The van der Waals surface area contributed by atoms with E-state index in [0.717, 1.165) is 69.8 Å². The third-order valence-corrected chi connectivity index (χ3v) is 6.91. The highest BCUT2D eigenvalue weighted by atomic mass is 16.5. The van der Waals surface area contributed by atoms with E-state index in [-0.39, 0.29) is 17.7 Å². The number of nitrogens with one attached hydrogen (secondary N) is 1. The van der Waals surface area contributed by atoms with Crippen molar-refractivity contribution in [2.75, 3.05) is 14.2 Å². The number of benzene rings is 1. The van der Waals surface area contributed by atoms with Crippen LogP contribution in [-0.2, 0) is 16.1 Å². The maximum absolute atomic E-state index is 12.4. The first-order valence-electron chi connectivity index (χ1n) is 13.3.